The van der Waals surface area contributed by atoms with Crippen LogP contribution in [0.5, 0.6) is 0 Å². The predicted octanol–water partition coefficient (Wildman–Crippen LogP) is 7.50. The van der Waals surface area contributed by atoms with Gasteiger partial charge in [0, 0.05) is 56.7 Å². The van der Waals surface area contributed by atoms with Crippen molar-refractivity contribution < 1.29 is 0 Å². The van der Waals surface area contributed by atoms with Gasteiger partial charge in [0.15, 0.2) is 0 Å². The molecule has 0 unspecified atom stereocenters. The van der Waals surface area contributed by atoms with E-state index >= 15 is 0 Å². The van der Waals surface area contributed by atoms with Crippen molar-refractivity contribution in [2.75, 3.05) is 0 Å². The highest BCUT2D eigenvalue weighted by Crippen LogP contribution is 2.37. The second-order valence-electron chi connectivity index (χ2n) is 7.93. The summed E-state index contributed by atoms with van der Waals surface area (Å²) in [6.07, 6.45) is 4.85. The summed E-state index contributed by atoms with van der Waals surface area (Å²) in [4.78, 5) is 0. The van der Waals surface area contributed by atoms with Crippen LogP contribution in [0, 0.1) is 0 Å². The lowest BCUT2D eigenvalue weighted by molar-refractivity contribution is 0.663. The SMILES string of the molecule is CCCCn1c2ccccc2c2cc3c(cc21)c1ccccc1n3CCCC. The van der Waals surface area contributed by atoms with Crippen LogP contribution in [0.3, 0.4) is 0 Å². The van der Waals surface area contributed by atoms with Crippen LogP contribution < -0.4 is 0 Å². The van der Waals surface area contributed by atoms with Gasteiger partial charge in [-0.05, 0) is 37.1 Å². The number of aryl methyl sites for hydroxylation is 2. The molecule has 0 fully saturated rings. The Balaban J connectivity index is 1.89. The Morgan fingerprint density at radius 1 is 0.536 bits per heavy atom. The molecule has 0 amide bonds. The first-order valence-electron chi connectivity index (χ1n) is 10.8. The second kappa shape index (κ2) is 7.01. The number of unbranched alkanes of at least 4 members (excludes halogenated alkanes) is 2. The summed E-state index contributed by atoms with van der Waals surface area (Å²) >= 11 is 0. The van der Waals surface area contributed by atoms with Gasteiger partial charge in [-0.25, -0.2) is 0 Å². The molecule has 2 aromatic heterocycles. The summed E-state index contributed by atoms with van der Waals surface area (Å²) in [5.74, 6) is 0. The Hall–Kier alpha value is -2.74. The highest BCUT2D eigenvalue weighted by Gasteiger charge is 2.16. The largest absolute Gasteiger partial charge is 0.340 e. The molecule has 2 heterocycles. The topological polar surface area (TPSA) is 9.86 Å². The molecule has 0 saturated carbocycles. The molecule has 0 radical (unpaired) electrons. The van der Waals surface area contributed by atoms with E-state index in [0.29, 0.717) is 0 Å². The summed E-state index contributed by atoms with van der Waals surface area (Å²) in [5.41, 5.74) is 5.48. The molecular weight excluding hydrogens is 340 g/mol. The molecule has 0 aliphatic heterocycles. The van der Waals surface area contributed by atoms with Crippen LogP contribution >= 0.6 is 0 Å². The summed E-state index contributed by atoms with van der Waals surface area (Å²) in [6.45, 7) is 6.71. The molecule has 0 aliphatic carbocycles. The number of fused-ring (bicyclic) bond motifs is 6. The number of hydrogen-bond acceptors (Lipinski definition) is 0. The fourth-order valence-electron chi connectivity index (χ4n) is 4.70. The van der Waals surface area contributed by atoms with Crippen LogP contribution in [0.4, 0.5) is 0 Å². The van der Waals surface area contributed by atoms with Crippen LogP contribution in [-0.2, 0) is 13.1 Å². The van der Waals surface area contributed by atoms with Crippen molar-refractivity contribution in [3.63, 3.8) is 0 Å². The number of hydrogen-bond donors (Lipinski definition) is 0. The molecule has 2 nitrogen and oxygen atoms in total. The number of benzene rings is 3. The fourth-order valence-corrected chi connectivity index (χ4v) is 4.70. The van der Waals surface area contributed by atoms with Crippen molar-refractivity contribution in [3.05, 3.63) is 60.7 Å². The number of nitrogens with zero attached hydrogens (tertiary/aromatic N) is 2. The van der Waals surface area contributed by atoms with Gasteiger partial charge in [-0.3, -0.25) is 0 Å². The third-order valence-corrected chi connectivity index (χ3v) is 6.14. The molecule has 0 aliphatic rings. The van der Waals surface area contributed by atoms with Crippen LogP contribution in [0.2, 0.25) is 0 Å². The van der Waals surface area contributed by atoms with Crippen molar-refractivity contribution in [2.24, 2.45) is 0 Å². The lowest BCUT2D eigenvalue weighted by atomic mass is 10.1. The maximum absolute atomic E-state index is 2.53. The minimum absolute atomic E-state index is 1.08. The van der Waals surface area contributed by atoms with Crippen molar-refractivity contribution >= 4 is 43.6 Å². The zero-order valence-corrected chi connectivity index (χ0v) is 16.9. The maximum atomic E-state index is 2.53. The molecule has 28 heavy (non-hydrogen) atoms. The molecule has 0 N–H and O–H groups in total. The molecule has 5 aromatic rings. The minimum atomic E-state index is 1.08. The van der Waals surface area contributed by atoms with Gasteiger partial charge in [-0.1, -0.05) is 63.1 Å². The normalized spacial score (nSPS) is 12.1. The minimum Gasteiger partial charge on any atom is -0.340 e. The van der Waals surface area contributed by atoms with Crippen molar-refractivity contribution in [3.8, 4) is 0 Å². The van der Waals surface area contributed by atoms with E-state index in [-0.39, 0.29) is 0 Å². The smallest absolute Gasteiger partial charge is 0.0499 e. The lowest BCUT2D eigenvalue weighted by Gasteiger charge is -2.08. The summed E-state index contributed by atoms with van der Waals surface area (Å²) < 4.78 is 5.07. The van der Waals surface area contributed by atoms with Gasteiger partial charge in [0.05, 0.1) is 0 Å². The van der Waals surface area contributed by atoms with E-state index in [4.69, 9.17) is 0 Å². The van der Waals surface area contributed by atoms with Gasteiger partial charge in [-0.2, -0.15) is 0 Å². The van der Waals surface area contributed by atoms with Crippen molar-refractivity contribution in [2.45, 2.75) is 52.6 Å². The molecule has 142 valence electrons. The zero-order chi connectivity index (χ0) is 19.1. The van der Waals surface area contributed by atoms with E-state index in [1.165, 1.54) is 69.3 Å². The zero-order valence-electron chi connectivity index (χ0n) is 16.9. The average Bonchev–Trinajstić information content (AvgIpc) is 3.21. The van der Waals surface area contributed by atoms with Crippen molar-refractivity contribution in [1.29, 1.82) is 0 Å². The molecule has 2 heteroatoms. The molecule has 3 aromatic carbocycles. The Labute approximate surface area is 166 Å². The highest BCUT2D eigenvalue weighted by molar-refractivity contribution is 6.17. The average molecular weight is 369 g/mol. The predicted molar refractivity (Wildman–Crippen MR) is 122 cm³/mol. The summed E-state index contributed by atoms with van der Waals surface area (Å²) in [7, 11) is 0. The molecule has 0 atom stereocenters. The molecule has 5 rings (SSSR count). The van der Waals surface area contributed by atoms with E-state index < -0.39 is 0 Å². The lowest BCUT2D eigenvalue weighted by Crippen LogP contribution is -1.98. The first-order valence-corrected chi connectivity index (χ1v) is 10.8. The summed E-state index contributed by atoms with van der Waals surface area (Å²) in [6, 6.07) is 22.7. The van der Waals surface area contributed by atoms with E-state index in [0.717, 1.165) is 13.1 Å². The summed E-state index contributed by atoms with van der Waals surface area (Å²) in [5, 5.41) is 5.53. The van der Waals surface area contributed by atoms with Gasteiger partial charge >= 0.3 is 0 Å². The molecule has 0 spiro atoms. The monoisotopic (exact) mass is 368 g/mol. The maximum Gasteiger partial charge on any atom is 0.0499 e. The molecular formula is C26H28N2. The van der Waals surface area contributed by atoms with Gasteiger partial charge in [0.2, 0.25) is 0 Å². The van der Waals surface area contributed by atoms with Crippen molar-refractivity contribution in [1.82, 2.24) is 9.13 Å². The quantitative estimate of drug-likeness (QED) is 0.293. The van der Waals surface area contributed by atoms with Gasteiger partial charge in [0.25, 0.3) is 0 Å². The van der Waals surface area contributed by atoms with Crippen LogP contribution in [0.1, 0.15) is 39.5 Å². The Morgan fingerprint density at radius 3 is 1.39 bits per heavy atom. The van der Waals surface area contributed by atoms with Crippen LogP contribution in [0.25, 0.3) is 43.6 Å². The first kappa shape index (κ1) is 17.4. The third kappa shape index (κ3) is 2.55. The molecule has 0 bridgehead atoms. The fraction of sp³-hybridized carbons (Fsp3) is 0.308. The number of aromatic nitrogens is 2. The number of para-hydroxylation sites is 2. The molecule has 0 saturated heterocycles. The van der Waals surface area contributed by atoms with Gasteiger partial charge in [-0.15, -0.1) is 0 Å². The Bertz CT molecular complexity index is 1180. The van der Waals surface area contributed by atoms with E-state index in [2.05, 4.69) is 83.6 Å². The van der Waals surface area contributed by atoms with E-state index in [1.807, 2.05) is 0 Å². The second-order valence-corrected chi connectivity index (χ2v) is 7.93. The third-order valence-electron chi connectivity index (χ3n) is 6.14. The highest BCUT2D eigenvalue weighted by atomic mass is 15.0. The van der Waals surface area contributed by atoms with E-state index in [1.54, 1.807) is 0 Å². The van der Waals surface area contributed by atoms with Crippen LogP contribution in [0.15, 0.2) is 60.7 Å². The Kier molecular flexibility index (Phi) is 4.35. The van der Waals surface area contributed by atoms with Crippen LogP contribution in [-0.4, -0.2) is 9.13 Å². The first-order chi connectivity index (χ1) is 13.8. The van der Waals surface area contributed by atoms with E-state index in [9.17, 15) is 0 Å². The van der Waals surface area contributed by atoms with Gasteiger partial charge in [0.1, 0.15) is 0 Å². The van der Waals surface area contributed by atoms with Gasteiger partial charge < -0.3 is 9.13 Å². The standard InChI is InChI=1S/C26H28N2/c1-3-5-15-27-23-13-9-7-11-19(23)21-18-26-22(17-25(21)27)20-12-8-10-14-24(20)28(26)16-6-4-2/h7-14,17-18H,3-6,15-16H2,1-2H3. The Morgan fingerprint density at radius 2 is 0.964 bits per heavy atom. The number of rotatable bonds is 6.